The van der Waals surface area contributed by atoms with Gasteiger partial charge in [0.2, 0.25) is 5.91 Å². The SMILES string of the molecule is COc1cccc(C2=NN(C(=O)CCCC(=O)O)[C@@H](c3cccc(OC)c3OC)C2)c1. The molecular formula is C23H26N2O6. The number of aliphatic carboxylic acids is 1. The number of nitrogens with zero attached hydrogens (tertiary/aromatic N) is 2. The van der Waals surface area contributed by atoms with Crippen LogP contribution in [0.25, 0.3) is 0 Å². The van der Waals surface area contributed by atoms with Crippen molar-refractivity contribution in [3.05, 3.63) is 53.6 Å². The van der Waals surface area contributed by atoms with Gasteiger partial charge in [-0.2, -0.15) is 5.10 Å². The van der Waals surface area contributed by atoms with E-state index in [9.17, 15) is 9.59 Å². The van der Waals surface area contributed by atoms with E-state index in [1.807, 2.05) is 36.4 Å². The van der Waals surface area contributed by atoms with E-state index >= 15 is 0 Å². The third kappa shape index (κ3) is 4.96. The van der Waals surface area contributed by atoms with E-state index in [0.29, 0.717) is 23.7 Å². The number of rotatable bonds is 9. The van der Waals surface area contributed by atoms with Gasteiger partial charge in [-0.15, -0.1) is 0 Å². The molecule has 0 bridgehead atoms. The predicted molar refractivity (Wildman–Crippen MR) is 115 cm³/mol. The molecule has 0 saturated carbocycles. The molecule has 1 aliphatic heterocycles. The number of amides is 1. The molecule has 1 amide bonds. The highest BCUT2D eigenvalue weighted by atomic mass is 16.5. The smallest absolute Gasteiger partial charge is 0.303 e. The summed E-state index contributed by atoms with van der Waals surface area (Å²) in [6.07, 6.45) is 0.737. The Morgan fingerprint density at radius 3 is 2.52 bits per heavy atom. The monoisotopic (exact) mass is 426 g/mol. The van der Waals surface area contributed by atoms with Crippen molar-refractivity contribution in [3.8, 4) is 17.2 Å². The molecule has 1 heterocycles. The number of ether oxygens (including phenoxy) is 3. The number of methoxy groups -OCH3 is 3. The first-order valence-corrected chi connectivity index (χ1v) is 9.95. The van der Waals surface area contributed by atoms with Crippen molar-refractivity contribution in [3.63, 3.8) is 0 Å². The largest absolute Gasteiger partial charge is 0.497 e. The van der Waals surface area contributed by atoms with Crippen molar-refractivity contribution in [2.24, 2.45) is 5.10 Å². The summed E-state index contributed by atoms with van der Waals surface area (Å²) in [6, 6.07) is 12.6. The van der Waals surface area contributed by atoms with E-state index in [1.165, 1.54) is 5.01 Å². The average molecular weight is 426 g/mol. The van der Waals surface area contributed by atoms with Gasteiger partial charge in [0.15, 0.2) is 11.5 Å². The zero-order valence-electron chi connectivity index (χ0n) is 17.8. The lowest BCUT2D eigenvalue weighted by molar-refractivity contribution is -0.137. The quantitative estimate of drug-likeness (QED) is 0.657. The van der Waals surface area contributed by atoms with Gasteiger partial charge in [0.1, 0.15) is 5.75 Å². The molecule has 0 aromatic heterocycles. The maximum atomic E-state index is 13.0. The number of carbonyl (C=O) groups excluding carboxylic acids is 1. The molecule has 0 saturated heterocycles. The lowest BCUT2D eigenvalue weighted by Gasteiger charge is -2.24. The fourth-order valence-corrected chi connectivity index (χ4v) is 3.64. The Kier molecular flexibility index (Phi) is 7.12. The van der Waals surface area contributed by atoms with Gasteiger partial charge in [-0.1, -0.05) is 24.3 Å². The summed E-state index contributed by atoms with van der Waals surface area (Å²) in [5.41, 5.74) is 2.36. The second-order valence-corrected chi connectivity index (χ2v) is 7.07. The number of hydrazone groups is 1. The molecule has 0 aliphatic carbocycles. The third-order valence-electron chi connectivity index (χ3n) is 5.14. The van der Waals surface area contributed by atoms with Crippen molar-refractivity contribution >= 4 is 17.6 Å². The van der Waals surface area contributed by atoms with Gasteiger partial charge < -0.3 is 19.3 Å². The molecule has 0 unspecified atom stereocenters. The Balaban J connectivity index is 1.97. The highest BCUT2D eigenvalue weighted by Crippen LogP contribution is 2.42. The summed E-state index contributed by atoms with van der Waals surface area (Å²) in [5.74, 6) is 0.630. The van der Waals surface area contributed by atoms with Crippen molar-refractivity contribution in [2.45, 2.75) is 31.7 Å². The predicted octanol–water partition coefficient (Wildman–Crippen LogP) is 3.65. The number of carboxylic acid groups (broad SMARTS) is 1. The first-order chi connectivity index (χ1) is 15.0. The maximum Gasteiger partial charge on any atom is 0.303 e. The topological polar surface area (TPSA) is 97.7 Å². The number of carbonyl (C=O) groups is 2. The molecule has 8 heteroatoms. The molecule has 0 radical (unpaired) electrons. The van der Waals surface area contributed by atoms with Crippen LogP contribution in [0.4, 0.5) is 0 Å². The molecule has 3 rings (SSSR count). The van der Waals surface area contributed by atoms with E-state index in [2.05, 4.69) is 5.10 Å². The van der Waals surface area contributed by atoms with Gasteiger partial charge >= 0.3 is 5.97 Å². The Labute approximate surface area is 181 Å². The van der Waals surface area contributed by atoms with Crippen LogP contribution in [0, 0.1) is 0 Å². The molecule has 1 atom stereocenters. The maximum absolute atomic E-state index is 13.0. The molecule has 2 aromatic carbocycles. The molecule has 164 valence electrons. The molecule has 2 aromatic rings. The van der Waals surface area contributed by atoms with Crippen LogP contribution in [0.15, 0.2) is 47.6 Å². The first-order valence-electron chi connectivity index (χ1n) is 9.95. The zero-order chi connectivity index (χ0) is 22.4. The number of para-hydroxylation sites is 1. The van der Waals surface area contributed by atoms with Gasteiger partial charge in [-0.3, -0.25) is 9.59 Å². The van der Waals surface area contributed by atoms with Crippen LogP contribution in [-0.4, -0.2) is 49.0 Å². The van der Waals surface area contributed by atoms with E-state index in [-0.39, 0.29) is 25.2 Å². The number of carboxylic acids is 1. The summed E-state index contributed by atoms with van der Waals surface area (Å²) >= 11 is 0. The molecule has 1 N–H and O–H groups in total. The van der Waals surface area contributed by atoms with E-state index in [1.54, 1.807) is 27.4 Å². The minimum absolute atomic E-state index is 0.0703. The van der Waals surface area contributed by atoms with Crippen LogP contribution in [0.1, 0.15) is 42.9 Å². The molecule has 0 spiro atoms. The average Bonchev–Trinajstić information content (AvgIpc) is 3.23. The minimum atomic E-state index is -0.930. The Morgan fingerprint density at radius 1 is 1.06 bits per heavy atom. The van der Waals surface area contributed by atoms with Crippen molar-refractivity contribution in [2.75, 3.05) is 21.3 Å². The van der Waals surface area contributed by atoms with Crippen molar-refractivity contribution in [1.29, 1.82) is 0 Å². The normalized spacial score (nSPS) is 15.4. The van der Waals surface area contributed by atoms with Crippen LogP contribution in [0.5, 0.6) is 17.2 Å². The van der Waals surface area contributed by atoms with Crippen molar-refractivity contribution in [1.82, 2.24) is 5.01 Å². The molecule has 0 fully saturated rings. The Bertz CT molecular complexity index is 988. The van der Waals surface area contributed by atoms with Gasteiger partial charge in [0.05, 0.1) is 33.1 Å². The zero-order valence-corrected chi connectivity index (χ0v) is 17.8. The highest BCUT2D eigenvalue weighted by Gasteiger charge is 2.35. The fourth-order valence-electron chi connectivity index (χ4n) is 3.64. The lowest BCUT2D eigenvalue weighted by atomic mass is 9.97. The van der Waals surface area contributed by atoms with Gasteiger partial charge in [-0.05, 0) is 24.6 Å². The summed E-state index contributed by atoms with van der Waals surface area (Å²) in [6.45, 7) is 0. The Hall–Kier alpha value is -3.55. The van der Waals surface area contributed by atoms with E-state index in [4.69, 9.17) is 19.3 Å². The minimum Gasteiger partial charge on any atom is -0.497 e. The van der Waals surface area contributed by atoms with E-state index < -0.39 is 12.0 Å². The van der Waals surface area contributed by atoms with Gasteiger partial charge in [-0.25, -0.2) is 5.01 Å². The van der Waals surface area contributed by atoms with Crippen LogP contribution < -0.4 is 14.2 Å². The summed E-state index contributed by atoms with van der Waals surface area (Å²) in [5, 5.41) is 15.0. The summed E-state index contributed by atoms with van der Waals surface area (Å²) < 4.78 is 16.3. The van der Waals surface area contributed by atoms with Gasteiger partial charge in [0, 0.05) is 30.4 Å². The number of hydrogen-bond acceptors (Lipinski definition) is 6. The standard InChI is InChI=1S/C23H26N2O6/c1-29-16-8-4-7-15(13-16)18-14-19(17-9-5-10-20(30-2)23(17)31-3)25(24-18)21(26)11-6-12-22(27)28/h4-5,7-10,13,19H,6,11-12,14H2,1-3H3,(H,27,28)/t19-/m1/s1. The first kappa shape index (κ1) is 22.1. The fraction of sp³-hybridized carbons (Fsp3) is 0.348. The molecule has 31 heavy (non-hydrogen) atoms. The van der Waals surface area contributed by atoms with Gasteiger partial charge in [0.25, 0.3) is 0 Å². The summed E-state index contributed by atoms with van der Waals surface area (Å²) in [4.78, 5) is 23.8. The van der Waals surface area contributed by atoms with Crippen LogP contribution >= 0.6 is 0 Å². The van der Waals surface area contributed by atoms with Crippen LogP contribution in [-0.2, 0) is 9.59 Å². The lowest BCUT2D eigenvalue weighted by Crippen LogP contribution is -2.27. The third-order valence-corrected chi connectivity index (χ3v) is 5.14. The van der Waals surface area contributed by atoms with Crippen LogP contribution in [0.2, 0.25) is 0 Å². The van der Waals surface area contributed by atoms with Crippen molar-refractivity contribution < 1.29 is 28.9 Å². The van der Waals surface area contributed by atoms with Crippen LogP contribution in [0.3, 0.4) is 0 Å². The highest BCUT2D eigenvalue weighted by molar-refractivity contribution is 6.03. The summed E-state index contributed by atoms with van der Waals surface area (Å²) in [7, 11) is 4.71. The number of hydrogen-bond donors (Lipinski definition) is 1. The second kappa shape index (κ2) is 9.97. The number of benzene rings is 2. The Morgan fingerprint density at radius 2 is 1.84 bits per heavy atom. The molecule has 8 nitrogen and oxygen atoms in total. The molecule has 1 aliphatic rings. The molecular weight excluding hydrogens is 400 g/mol. The van der Waals surface area contributed by atoms with E-state index in [0.717, 1.165) is 16.8 Å². The second-order valence-electron chi connectivity index (χ2n) is 7.07.